The van der Waals surface area contributed by atoms with Crippen LogP contribution in [0.1, 0.15) is 37.1 Å². The van der Waals surface area contributed by atoms with Crippen molar-refractivity contribution in [2.75, 3.05) is 26.3 Å². The van der Waals surface area contributed by atoms with E-state index in [0.717, 1.165) is 36.2 Å². The lowest BCUT2D eigenvalue weighted by Crippen LogP contribution is -2.46. The number of aromatic nitrogens is 1. The van der Waals surface area contributed by atoms with E-state index in [1.54, 1.807) is 11.3 Å². The molecule has 2 aromatic rings. The van der Waals surface area contributed by atoms with Crippen LogP contribution in [0.15, 0.2) is 24.3 Å². The summed E-state index contributed by atoms with van der Waals surface area (Å²) in [6, 6.07) is 8.26. The second-order valence-corrected chi connectivity index (χ2v) is 8.74. The van der Waals surface area contributed by atoms with Gasteiger partial charge in [-0.05, 0) is 37.8 Å². The maximum absolute atomic E-state index is 12.6. The number of ether oxygens (including phenoxy) is 1. The Hall–Kier alpha value is -1.99. The molecular formula is C21H27N3O3S. The van der Waals surface area contributed by atoms with Crippen LogP contribution in [-0.2, 0) is 20.7 Å². The molecule has 2 aliphatic rings. The molecule has 2 amide bonds. The molecule has 0 spiro atoms. The Labute approximate surface area is 169 Å². The number of benzene rings is 1. The standard InChI is InChI=1S/C21H27N3O3S/c25-19(9-10-20-23-17-3-1-2-4-18(17)28-20)22-16-7-5-15(6-8-16)21(26)24-11-13-27-14-12-24/h1-4,15-16H,5-14H2,(H,22,25). The first kappa shape index (κ1) is 19.3. The minimum absolute atomic E-state index is 0.0854. The van der Waals surface area contributed by atoms with Crippen molar-refractivity contribution < 1.29 is 14.3 Å². The molecular weight excluding hydrogens is 374 g/mol. The third-order valence-corrected chi connectivity index (χ3v) is 6.76. The number of nitrogens with one attached hydrogen (secondary N) is 1. The first-order valence-electron chi connectivity index (χ1n) is 10.2. The number of rotatable bonds is 5. The van der Waals surface area contributed by atoms with E-state index in [1.807, 2.05) is 23.1 Å². The first-order valence-corrected chi connectivity index (χ1v) is 11.0. The van der Waals surface area contributed by atoms with Gasteiger partial charge in [0.15, 0.2) is 0 Å². The Morgan fingerprint density at radius 1 is 1.14 bits per heavy atom. The van der Waals surface area contributed by atoms with Gasteiger partial charge in [0.2, 0.25) is 11.8 Å². The molecule has 150 valence electrons. The van der Waals surface area contributed by atoms with Crippen molar-refractivity contribution in [3.8, 4) is 0 Å². The molecule has 0 bridgehead atoms. The molecule has 7 heteroatoms. The molecule has 1 aromatic heterocycles. The fourth-order valence-corrected chi connectivity index (χ4v) is 5.04. The number of fused-ring (bicyclic) bond motifs is 1. The molecule has 0 unspecified atom stereocenters. The molecule has 28 heavy (non-hydrogen) atoms. The summed E-state index contributed by atoms with van der Waals surface area (Å²) in [5, 5.41) is 4.17. The summed E-state index contributed by atoms with van der Waals surface area (Å²) in [4.78, 5) is 31.5. The van der Waals surface area contributed by atoms with Gasteiger partial charge in [0.25, 0.3) is 0 Å². The van der Waals surface area contributed by atoms with Crippen molar-refractivity contribution in [1.82, 2.24) is 15.2 Å². The van der Waals surface area contributed by atoms with Crippen LogP contribution in [0, 0.1) is 5.92 Å². The van der Waals surface area contributed by atoms with Crippen LogP contribution in [0.25, 0.3) is 10.2 Å². The Bertz CT molecular complexity index is 790. The third-order valence-electron chi connectivity index (χ3n) is 5.67. The predicted molar refractivity (Wildman–Crippen MR) is 109 cm³/mol. The molecule has 2 heterocycles. The van der Waals surface area contributed by atoms with Crippen molar-refractivity contribution in [3.63, 3.8) is 0 Å². The lowest BCUT2D eigenvalue weighted by molar-refractivity contribution is -0.140. The highest BCUT2D eigenvalue weighted by atomic mass is 32.1. The van der Waals surface area contributed by atoms with Gasteiger partial charge in [0.1, 0.15) is 0 Å². The van der Waals surface area contributed by atoms with Crippen LogP contribution in [0.4, 0.5) is 0 Å². The summed E-state index contributed by atoms with van der Waals surface area (Å²) in [5.74, 6) is 0.458. The van der Waals surface area contributed by atoms with E-state index >= 15 is 0 Å². The third kappa shape index (κ3) is 4.70. The zero-order chi connectivity index (χ0) is 19.3. The van der Waals surface area contributed by atoms with E-state index in [9.17, 15) is 9.59 Å². The molecule has 1 saturated carbocycles. The minimum atomic E-state index is 0.0854. The van der Waals surface area contributed by atoms with Gasteiger partial charge in [-0.3, -0.25) is 9.59 Å². The van der Waals surface area contributed by atoms with Gasteiger partial charge in [-0.15, -0.1) is 11.3 Å². The first-order chi connectivity index (χ1) is 13.7. The number of amides is 2. The highest BCUT2D eigenvalue weighted by Gasteiger charge is 2.30. The maximum Gasteiger partial charge on any atom is 0.225 e. The van der Waals surface area contributed by atoms with Gasteiger partial charge in [-0.2, -0.15) is 0 Å². The minimum Gasteiger partial charge on any atom is -0.378 e. The number of aryl methyl sites for hydroxylation is 1. The number of para-hydroxylation sites is 1. The molecule has 4 rings (SSSR count). The van der Waals surface area contributed by atoms with Crippen molar-refractivity contribution in [3.05, 3.63) is 29.3 Å². The van der Waals surface area contributed by atoms with Gasteiger partial charge in [-0.25, -0.2) is 4.98 Å². The molecule has 1 aromatic carbocycles. The van der Waals surface area contributed by atoms with Crippen LogP contribution in [-0.4, -0.2) is 54.0 Å². The summed E-state index contributed by atoms with van der Waals surface area (Å²) in [6.45, 7) is 2.71. The lowest BCUT2D eigenvalue weighted by atomic mass is 9.85. The second kappa shape index (κ2) is 9.01. The number of carbonyl (C=O) groups excluding carboxylic acids is 2. The van der Waals surface area contributed by atoms with E-state index < -0.39 is 0 Å². The monoisotopic (exact) mass is 401 g/mol. The van der Waals surface area contributed by atoms with Crippen LogP contribution in [0.2, 0.25) is 0 Å². The quantitative estimate of drug-likeness (QED) is 0.836. The van der Waals surface area contributed by atoms with E-state index in [4.69, 9.17) is 4.74 Å². The molecule has 1 N–H and O–H groups in total. The van der Waals surface area contributed by atoms with Gasteiger partial charge in [-0.1, -0.05) is 12.1 Å². The predicted octanol–water partition coefficient (Wildman–Crippen LogP) is 2.76. The van der Waals surface area contributed by atoms with E-state index in [1.165, 1.54) is 4.70 Å². The topological polar surface area (TPSA) is 71.5 Å². The van der Waals surface area contributed by atoms with Crippen molar-refractivity contribution in [2.45, 2.75) is 44.6 Å². The average molecular weight is 402 g/mol. The highest BCUT2D eigenvalue weighted by Crippen LogP contribution is 2.27. The van der Waals surface area contributed by atoms with Crippen molar-refractivity contribution >= 4 is 33.4 Å². The number of thiazole rings is 1. The number of morpholine rings is 1. The smallest absolute Gasteiger partial charge is 0.225 e. The van der Waals surface area contributed by atoms with Gasteiger partial charge < -0.3 is 15.0 Å². The molecule has 1 aliphatic heterocycles. The molecule has 1 saturated heterocycles. The molecule has 1 aliphatic carbocycles. The van der Waals surface area contributed by atoms with E-state index in [0.29, 0.717) is 39.1 Å². The Kier molecular flexibility index (Phi) is 6.22. The van der Waals surface area contributed by atoms with Crippen LogP contribution in [0.5, 0.6) is 0 Å². The second-order valence-electron chi connectivity index (χ2n) is 7.63. The normalized spacial score (nSPS) is 22.9. The van der Waals surface area contributed by atoms with E-state index in [2.05, 4.69) is 16.4 Å². The fraction of sp³-hybridized carbons (Fsp3) is 0.571. The summed E-state index contributed by atoms with van der Waals surface area (Å²) >= 11 is 1.66. The van der Waals surface area contributed by atoms with Gasteiger partial charge in [0.05, 0.1) is 28.4 Å². The SMILES string of the molecule is O=C(CCc1nc2ccccc2s1)NC1CCC(C(=O)N2CCOCC2)CC1. The van der Waals surface area contributed by atoms with Gasteiger partial charge >= 0.3 is 0 Å². The Morgan fingerprint density at radius 3 is 2.64 bits per heavy atom. The van der Waals surface area contributed by atoms with Gasteiger partial charge in [0, 0.05) is 37.9 Å². The number of hydrogen-bond acceptors (Lipinski definition) is 5. The number of carbonyl (C=O) groups is 2. The highest BCUT2D eigenvalue weighted by molar-refractivity contribution is 7.18. The van der Waals surface area contributed by atoms with Crippen LogP contribution < -0.4 is 5.32 Å². The number of hydrogen-bond donors (Lipinski definition) is 1. The summed E-state index contributed by atoms with van der Waals surface area (Å²) < 4.78 is 6.49. The van der Waals surface area contributed by atoms with Crippen LogP contribution >= 0.6 is 11.3 Å². The summed E-state index contributed by atoms with van der Waals surface area (Å²) in [7, 11) is 0. The zero-order valence-corrected chi connectivity index (χ0v) is 16.9. The lowest BCUT2D eigenvalue weighted by Gasteiger charge is -2.34. The molecule has 0 radical (unpaired) electrons. The average Bonchev–Trinajstić information content (AvgIpc) is 3.16. The van der Waals surface area contributed by atoms with E-state index in [-0.39, 0.29) is 23.8 Å². The molecule has 6 nitrogen and oxygen atoms in total. The Morgan fingerprint density at radius 2 is 1.89 bits per heavy atom. The molecule has 0 atom stereocenters. The summed E-state index contributed by atoms with van der Waals surface area (Å²) in [5.41, 5.74) is 1.01. The van der Waals surface area contributed by atoms with Crippen molar-refractivity contribution in [1.29, 1.82) is 0 Å². The zero-order valence-electron chi connectivity index (χ0n) is 16.1. The molecule has 2 fully saturated rings. The Balaban J connectivity index is 1.20. The summed E-state index contributed by atoms with van der Waals surface area (Å²) in [6.07, 6.45) is 4.63. The van der Waals surface area contributed by atoms with Crippen molar-refractivity contribution in [2.24, 2.45) is 5.92 Å². The fourth-order valence-electron chi connectivity index (χ4n) is 4.07. The van der Waals surface area contributed by atoms with Crippen LogP contribution in [0.3, 0.4) is 0 Å². The maximum atomic E-state index is 12.6. The largest absolute Gasteiger partial charge is 0.378 e. The number of nitrogens with zero attached hydrogens (tertiary/aromatic N) is 2.